The first-order valence-electron chi connectivity index (χ1n) is 4.71. The molecule has 0 unspecified atom stereocenters. The van der Waals surface area contributed by atoms with Crippen LogP contribution in [0.5, 0.6) is 5.75 Å². The largest absolute Gasteiger partial charge is 0.465 e. The second-order valence-electron chi connectivity index (χ2n) is 3.72. The number of thiol groups is 1. The van der Waals surface area contributed by atoms with E-state index in [1.165, 1.54) is 13.2 Å². The zero-order valence-corrected chi connectivity index (χ0v) is 11.6. The first kappa shape index (κ1) is 14.2. The predicted molar refractivity (Wildman–Crippen MR) is 70.3 cm³/mol. The van der Waals surface area contributed by atoms with Gasteiger partial charge in [-0.1, -0.05) is 0 Å². The molecule has 0 saturated heterocycles. The Morgan fingerprint density at radius 2 is 2.12 bits per heavy atom. The molecule has 6 heteroatoms. The molecular formula is C11H14FNO2S2. The van der Waals surface area contributed by atoms with E-state index in [0.717, 1.165) is 6.07 Å². The summed E-state index contributed by atoms with van der Waals surface area (Å²) in [7, 11) is -0.0161. The lowest BCUT2D eigenvalue weighted by molar-refractivity contribution is 0.0488. The number of benzene rings is 1. The maximum Gasteiger partial charge on any atom is 0.188 e. The maximum atomic E-state index is 13.4. The summed E-state index contributed by atoms with van der Waals surface area (Å²) >= 11 is 4.46. The molecule has 1 rings (SSSR count). The lowest BCUT2D eigenvalue weighted by atomic mass is 10.2. The Morgan fingerprint density at radius 3 is 2.59 bits per heavy atom. The van der Waals surface area contributed by atoms with Crippen LogP contribution in [0, 0.1) is 17.1 Å². The number of halogens is 1. The van der Waals surface area contributed by atoms with Gasteiger partial charge in [-0.2, -0.15) is 14.3 Å². The summed E-state index contributed by atoms with van der Waals surface area (Å²) in [4.78, 5) is 0.606. The van der Waals surface area contributed by atoms with Crippen LogP contribution in [-0.4, -0.2) is 26.4 Å². The quantitative estimate of drug-likeness (QED) is 0.522. The zero-order chi connectivity index (χ0) is 13.1. The monoisotopic (exact) mass is 275 g/mol. The third-order valence-electron chi connectivity index (χ3n) is 2.00. The highest BCUT2D eigenvalue weighted by Gasteiger charge is 2.20. The number of nitrogens with zero attached hydrogens (tertiary/aromatic N) is 1. The number of ether oxygens (including phenoxy) is 2. The van der Waals surface area contributed by atoms with E-state index in [0.29, 0.717) is 10.6 Å². The Kier molecular flexibility index (Phi) is 4.69. The second kappa shape index (κ2) is 5.63. The van der Waals surface area contributed by atoms with E-state index in [-0.39, 0.29) is 12.4 Å². The van der Waals surface area contributed by atoms with Crippen molar-refractivity contribution < 1.29 is 13.9 Å². The Morgan fingerprint density at radius 1 is 1.47 bits per heavy atom. The first-order valence-corrected chi connectivity index (χ1v) is 8.21. The predicted octanol–water partition coefficient (Wildman–Crippen LogP) is 2.95. The van der Waals surface area contributed by atoms with Crippen LogP contribution in [0.25, 0.3) is 0 Å². The Bertz CT molecular complexity index is 452. The first-order chi connectivity index (χ1) is 7.90. The lowest BCUT2D eigenvalue weighted by Gasteiger charge is -2.27. The fraction of sp³-hybridized carbons (Fsp3) is 0.364. The van der Waals surface area contributed by atoms with Gasteiger partial charge in [0, 0.05) is 12.0 Å². The van der Waals surface area contributed by atoms with E-state index in [1.54, 1.807) is 0 Å². The molecule has 0 amide bonds. The second-order valence-corrected chi connectivity index (χ2v) is 9.44. The Labute approximate surface area is 107 Å². The molecule has 0 spiro atoms. The fourth-order valence-electron chi connectivity index (χ4n) is 1.29. The van der Waals surface area contributed by atoms with E-state index in [1.807, 2.05) is 18.6 Å². The Hall–Kier alpha value is -0.900. The van der Waals surface area contributed by atoms with Crippen LogP contribution in [0.15, 0.2) is 17.0 Å². The molecule has 3 nitrogen and oxygen atoms in total. The van der Waals surface area contributed by atoms with Gasteiger partial charge in [0.2, 0.25) is 0 Å². The van der Waals surface area contributed by atoms with Crippen LogP contribution in [0.3, 0.4) is 0 Å². The van der Waals surface area contributed by atoms with Crippen molar-refractivity contribution in [2.75, 3.05) is 26.4 Å². The van der Waals surface area contributed by atoms with Crippen molar-refractivity contribution in [2.45, 2.75) is 4.90 Å². The van der Waals surface area contributed by atoms with Gasteiger partial charge in [0.25, 0.3) is 0 Å². The fourth-order valence-corrected chi connectivity index (χ4v) is 2.72. The smallest absolute Gasteiger partial charge is 0.188 e. The number of methoxy groups -OCH3 is 1. The van der Waals surface area contributed by atoms with Crippen molar-refractivity contribution in [3.05, 3.63) is 23.5 Å². The van der Waals surface area contributed by atoms with Gasteiger partial charge in [-0.25, -0.2) is 4.39 Å². The van der Waals surface area contributed by atoms with Gasteiger partial charge >= 0.3 is 0 Å². The van der Waals surface area contributed by atoms with Gasteiger partial charge in [-0.15, -0.1) is 11.7 Å². The molecule has 0 heterocycles. The summed E-state index contributed by atoms with van der Waals surface area (Å²) in [6, 6.07) is 4.42. The van der Waals surface area contributed by atoms with Crippen LogP contribution in [0.2, 0.25) is 0 Å². The van der Waals surface area contributed by atoms with Gasteiger partial charge in [-0.05, 0) is 24.6 Å². The highest BCUT2D eigenvalue weighted by molar-refractivity contribution is 8.87. The summed E-state index contributed by atoms with van der Waals surface area (Å²) in [5.41, 5.74) is 0.159. The molecule has 1 aromatic carbocycles. The number of hydrogen-bond donors (Lipinski definition) is 1. The molecule has 0 N–H and O–H groups in total. The summed E-state index contributed by atoms with van der Waals surface area (Å²) in [5.74, 6) is -0.110. The number of nitriles is 1. The third kappa shape index (κ3) is 3.53. The van der Waals surface area contributed by atoms with Crippen molar-refractivity contribution in [1.29, 1.82) is 5.26 Å². The molecule has 0 bridgehead atoms. The topological polar surface area (TPSA) is 42.2 Å². The van der Waals surface area contributed by atoms with Gasteiger partial charge in [0.1, 0.15) is 11.9 Å². The average Bonchev–Trinajstić information content (AvgIpc) is 2.25. The maximum absolute atomic E-state index is 13.4. The molecule has 17 heavy (non-hydrogen) atoms. The van der Waals surface area contributed by atoms with Crippen molar-refractivity contribution in [3.63, 3.8) is 0 Å². The van der Waals surface area contributed by atoms with Crippen molar-refractivity contribution in [2.24, 2.45) is 0 Å². The van der Waals surface area contributed by atoms with Gasteiger partial charge in [-0.3, -0.25) is 0 Å². The van der Waals surface area contributed by atoms with Gasteiger partial charge in [0.05, 0.1) is 5.56 Å². The minimum atomic E-state index is -1.50. The van der Waals surface area contributed by atoms with Gasteiger partial charge < -0.3 is 9.47 Å². The van der Waals surface area contributed by atoms with E-state index >= 15 is 0 Å². The minimum Gasteiger partial charge on any atom is -0.465 e. The summed E-state index contributed by atoms with van der Waals surface area (Å²) in [6.07, 6.45) is 3.76. The van der Waals surface area contributed by atoms with Crippen LogP contribution < -0.4 is 4.74 Å². The van der Waals surface area contributed by atoms with Crippen LogP contribution in [-0.2, 0) is 4.74 Å². The van der Waals surface area contributed by atoms with E-state index < -0.39 is 14.9 Å². The molecule has 0 aromatic heterocycles. The molecule has 0 aliphatic carbocycles. The van der Waals surface area contributed by atoms with E-state index in [2.05, 4.69) is 11.7 Å². The third-order valence-corrected chi connectivity index (χ3v) is 3.97. The van der Waals surface area contributed by atoms with Crippen molar-refractivity contribution >= 4 is 20.7 Å². The Balaban J connectivity index is 3.35. The molecule has 94 valence electrons. The summed E-state index contributed by atoms with van der Waals surface area (Å²) in [5, 5.41) is 8.98. The summed E-state index contributed by atoms with van der Waals surface area (Å²) < 4.78 is 23.5. The molecule has 0 aliphatic rings. The molecule has 0 radical (unpaired) electrons. The SMILES string of the molecule is COCOc1c(C#N)cc(F)cc1S(C)(C)S. The van der Waals surface area contributed by atoms with Crippen LogP contribution in [0.1, 0.15) is 5.56 Å². The molecular weight excluding hydrogens is 261 g/mol. The van der Waals surface area contributed by atoms with E-state index in [4.69, 9.17) is 14.7 Å². The van der Waals surface area contributed by atoms with Crippen LogP contribution in [0.4, 0.5) is 4.39 Å². The van der Waals surface area contributed by atoms with Crippen molar-refractivity contribution in [3.8, 4) is 11.8 Å². The molecule has 0 aliphatic heterocycles. The summed E-state index contributed by atoms with van der Waals surface area (Å²) in [6.45, 7) is 0.0105. The normalized spacial score (nSPS) is 12.0. The zero-order valence-electron chi connectivity index (χ0n) is 9.86. The molecule has 0 saturated carbocycles. The van der Waals surface area contributed by atoms with Gasteiger partial charge in [0.15, 0.2) is 12.5 Å². The lowest BCUT2D eigenvalue weighted by Crippen LogP contribution is -2.05. The van der Waals surface area contributed by atoms with E-state index in [9.17, 15) is 4.39 Å². The molecule has 1 aromatic rings. The van der Waals surface area contributed by atoms with Crippen LogP contribution >= 0.6 is 20.7 Å². The minimum absolute atomic E-state index is 0.0105. The highest BCUT2D eigenvalue weighted by atomic mass is 33.1. The molecule has 0 fully saturated rings. The highest BCUT2D eigenvalue weighted by Crippen LogP contribution is 2.57. The average molecular weight is 275 g/mol. The van der Waals surface area contributed by atoms with Crippen molar-refractivity contribution in [1.82, 2.24) is 0 Å². The number of rotatable bonds is 4. The number of hydrogen-bond acceptors (Lipinski definition) is 4. The standard InChI is InChI=1S/C11H14FNO2S2/c1-14-7-15-11-8(6-13)4-9(12)5-10(11)17(2,3)16/h4-5,16H,7H2,1-3H3. The molecule has 0 atom stereocenters.